The first-order valence-electron chi connectivity index (χ1n) is 4.65. The van der Waals surface area contributed by atoms with E-state index < -0.39 is 0 Å². The molecular formula is C10H20N2O2. The molecule has 0 amide bonds. The lowest BCUT2D eigenvalue weighted by molar-refractivity contribution is -0.138. The largest absolute Gasteiger partial charge is 0.463 e. The summed E-state index contributed by atoms with van der Waals surface area (Å²) in [6, 6.07) is 0. The summed E-state index contributed by atoms with van der Waals surface area (Å²) in [5, 5.41) is 0. The molecule has 14 heavy (non-hydrogen) atoms. The van der Waals surface area contributed by atoms with Crippen molar-refractivity contribution < 1.29 is 9.53 Å². The fourth-order valence-corrected chi connectivity index (χ4v) is 1.16. The van der Waals surface area contributed by atoms with E-state index in [0.717, 1.165) is 6.67 Å². The van der Waals surface area contributed by atoms with Gasteiger partial charge in [0.2, 0.25) is 0 Å². The number of carbonyl (C=O) groups is 1. The fourth-order valence-electron chi connectivity index (χ4n) is 1.16. The van der Waals surface area contributed by atoms with Crippen LogP contribution in [0.5, 0.6) is 0 Å². The number of hydrogen-bond acceptors (Lipinski definition) is 4. The molecular weight excluding hydrogens is 180 g/mol. The van der Waals surface area contributed by atoms with Crippen LogP contribution in [0.15, 0.2) is 12.2 Å². The van der Waals surface area contributed by atoms with Gasteiger partial charge >= 0.3 is 5.97 Å². The van der Waals surface area contributed by atoms with Gasteiger partial charge in [0.15, 0.2) is 0 Å². The molecule has 0 aliphatic heterocycles. The first-order chi connectivity index (χ1) is 6.47. The van der Waals surface area contributed by atoms with E-state index in [1.807, 2.05) is 30.9 Å². The Kier molecular flexibility index (Phi) is 6.16. The Hall–Kier alpha value is -0.870. The van der Waals surface area contributed by atoms with E-state index in [9.17, 15) is 4.79 Å². The average Bonchev–Trinajstić information content (AvgIpc) is 2.02. The van der Waals surface area contributed by atoms with Gasteiger partial charge in [-0.1, -0.05) is 6.58 Å². The number of ether oxygens (including phenoxy) is 1. The fraction of sp³-hybridized carbons (Fsp3) is 0.700. The van der Waals surface area contributed by atoms with Crippen molar-refractivity contribution in [3.8, 4) is 0 Å². The van der Waals surface area contributed by atoms with Crippen LogP contribution in [0.25, 0.3) is 0 Å². The van der Waals surface area contributed by atoms with Crippen molar-refractivity contribution in [2.45, 2.75) is 6.92 Å². The molecule has 0 aromatic carbocycles. The lowest BCUT2D eigenvalue weighted by Crippen LogP contribution is -2.33. The predicted octanol–water partition coefficient (Wildman–Crippen LogP) is 0.557. The second kappa shape index (κ2) is 6.56. The third-order valence-corrected chi connectivity index (χ3v) is 1.55. The molecule has 0 bridgehead atoms. The van der Waals surface area contributed by atoms with Crippen LogP contribution in [0.2, 0.25) is 0 Å². The first-order valence-corrected chi connectivity index (χ1v) is 4.65. The highest BCUT2D eigenvalue weighted by Gasteiger charge is 2.10. The van der Waals surface area contributed by atoms with Crippen LogP contribution in [0, 0.1) is 0 Å². The molecule has 0 N–H and O–H groups in total. The first kappa shape index (κ1) is 13.1. The lowest BCUT2D eigenvalue weighted by Gasteiger charge is -2.21. The minimum absolute atomic E-state index is 0.307. The molecule has 0 aliphatic rings. The summed E-state index contributed by atoms with van der Waals surface area (Å²) in [7, 11) is 5.89. The minimum atomic E-state index is -0.307. The zero-order valence-electron chi connectivity index (χ0n) is 9.54. The Morgan fingerprint density at radius 1 is 1.36 bits per heavy atom. The maximum atomic E-state index is 11.2. The van der Waals surface area contributed by atoms with Crippen molar-refractivity contribution in [1.29, 1.82) is 0 Å². The summed E-state index contributed by atoms with van der Waals surface area (Å²) in [5.74, 6) is -0.307. The Morgan fingerprint density at radius 2 is 1.93 bits per heavy atom. The Morgan fingerprint density at radius 3 is 2.36 bits per heavy atom. The number of likely N-dealkylation sites (N-methyl/N-ethyl adjacent to an activating group) is 1. The summed E-state index contributed by atoms with van der Waals surface area (Å²) in [5.41, 5.74) is 0.496. The average molecular weight is 200 g/mol. The van der Waals surface area contributed by atoms with E-state index in [0.29, 0.717) is 18.7 Å². The van der Waals surface area contributed by atoms with Gasteiger partial charge in [-0.15, -0.1) is 0 Å². The van der Waals surface area contributed by atoms with E-state index >= 15 is 0 Å². The van der Waals surface area contributed by atoms with Crippen molar-refractivity contribution in [1.82, 2.24) is 9.80 Å². The number of nitrogens with zero attached hydrogens (tertiary/aromatic N) is 2. The zero-order valence-corrected chi connectivity index (χ0v) is 9.54. The molecule has 0 radical (unpaired) electrons. The molecule has 82 valence electrons. The molecule has 4 heteroatoms. The molecule has 0 saturated carbocycles. The molecule has 0 unspecified atom stereocenters. The number of hydrogen-bond donors (Lipinski definition) is 0. The van der Waals surface area contributed by atoms with E-state index in [4.69, 9.17) is 4.74 Å². The highest BCUT2D eigenvalue weighted by Crippen LogP contribution is 1.98. The van der Waals surface area contributed by atoms with Crippen molar-refractivity contribution >= 4 is 5.97 Å². The van der Waals surface area contributed by atoms with Gasteiger partial charge in [0.25, 0.3) is 0 Å². The highest BCUT2D eigenvalue weighted by atomic mass is 16.5. The summed E-state index contributed by atoms with van der Waals surface area (Å²) in [6.45, 7) is 7.20. The highest BCUT2D eigenvalue weighted by molar-refractivity contribution is 5.88. The molecule has 0 spiro atoms. The molecule has 0 rings (SSSR count). The van der Waals surface area contributed by atoms with Crippen molar-refractivity contribution in [3.63, 3.8) is 0 Å². The minimum Gasteiger partial charge on any atom is -0.463 e. The monoisotopic (exact) mass is 200 g/mol. The summed E-state index contributed by atoms with van der Waals surface area (Å²) >= 11 is 0. The Labute approximate surface area is 86.1 Å². The maximum Gasteiger partial charge on any atom is 0.334 e. The van der Waals surface area contributed by atoms with Gasteiger partial charge in [0, 0.05) is 12.1 Å². The van der Waals surface area contributed by atoms with Crippen LogP contribution < -0.4 is 0 Å². The van der Waals surface area contributed by atoms with Crippen LogP contribution in [-0.2, 0) is 9.53 Å². The van der Waals surface area contributed by atoms with Gasteiger partial charge in [-0.3, -0.25) is 9.80 Å². The smallest absolute Gasteiger partial charge is 0.334 e. The predicted molar refractivity (Wildman–Crippen MR) is 57.0 cm³/mol. The van der Waals surface area contributed by atoms with Crippen LogP contribution in [0.3, 0.4) is 0 Å². The van der Waals surface area contributed by atoms with Crippen molar-refractivity contribution in [2.75, 3.05) is 41.0 Å². The summed E-state index contributed by atoms with van der Waals surface area (Å²) in [6.07, 6.45) is 0. The number of rotatable bonds is 6. The van der Waals surface area contributed by atoms with Crippen LogP contribution >= 0.6 is 0 Å². The summed E-state index contributed by atoms with van der Waals surface area (Å²) in [4.78, 5) is 15.2. The van der Waals surface area contributed by atoms with Gasteiger partial charge in [-0.2, -0.15) is 0 Å². The molecule has 0 aromatic rings. The third-order valence-electron chi connectivity index (χ3n) is 1.55. The lowest BCUT2D eigenvalue weighted by atomic mass is 10.3. The molecule has 0 fully saturated rings. The van der Waals surface area contributed by atoms with E-state index in [1.165, 1.54) is 0 Å². The molecule has 0 atom stereocenters. The van der Waals surface area contributed by atoms with E-state index in [1.54, 1.807) is 6.92 Å². The SMILES string of the molecule is C=C(CN(C)CN(C)C)C(=O)OCC. The quantitative estimate of drug-likeness (QED) is 0.356. The Balaban J connectivity index is 3.87. The molecule has 0 saturated heterocycles. The second-order valence-electron chi connectivity index (χ2n) is 3.56. The van der Waals surface area contributed by atoms with Crippen molar-refractivity contribution in [3.05, 3.63) is 12.2 Å². The maximum absolute atomic E-state index is 11.2. The van der Waals surface area contributed by atoms with Gasteiger partial charge in [-0.05, 0) is 28.1 Å². The summed E-state index contributed by atoms with van der Waals surface area (Å²) < 4.78 is 4.83. The number of carbonyl (C=O) groups excluding carboxylic acids is 1. The van der Waals surface area contributed by atoms with E-state index in [-0.39, 0.29) is 5.97 Å². The molecule has 4 nitrogen and oxygen atoms in total. The van der Waals surface area contributed by atoms with Crippen LogP contribution in [-0.4, -0.2) is 56.7 Å². The topological polar surface area (TPSA) is 32.8 Å². The van der Waals surface area contributed by atoms with E-state index in [2.05, 4.69) is 6.58 Å². The van der Waals surface area contributed by atoms with Gasteiger partial charge in [0.05, 0.1) is 13.3 Å². The van der Waals surface area contributed by atoms with Gasteiger partial charge in [0.1, 0.15) is 0 Å². The zero-order chi connectivity index (χ0) is 11.1. The van der Waals surface area contributed by atoms with Gasteiger partial charge < -0.3 is 4.74 Å². The van der Waals surface area contributed by atoms with Crippen LogP contribution in [0.4, 0.5) is 0 Å². The van der Waals surface area contributed by atoms with Gasteiger partial charge in [-0.25, -0.2) is 4.79 Å². The molecule has 0 aliphatic carbocycles. The molecule has 0 heterocycles. The third kappa shape index (κ3) is 5.72. The second-order valence-corrected chi connectivity index (χ2v) is 3.56. The molecule has 0 aromatic heterocycles. The number of esters is 1. The van der Waals surface area contributed by atoms with Crippen LogP contribution in [0.1, 0.15) is 6.92 Å². The normalized spacial score (nSPS) is 10.7. The standard InChI is InChI=1S/C10H20N2O2/c1-6-14-10(13)9(2)7-12(5)8-11(3)4/h2,6-8H2,1,3-5H3. The Bertz CT molecular complexity index is 202. The van der Waals surface area contributed by atoms with Crippen molar-refractivity contribution in [2.24, 2.45) is 0 Å².